The second kappa shape index (κ2) is 6.95. The molecule has 0 bridgehead atoms. The van der Waals surface area contributed by atoms with Gasteiger partial charge in [-0.3, -0.25) is 4.79 Å². The van der Waals surface area contributed by atoms with Crippen LogP contribution in [0.25, 0.3) is 5.57 Å². The summed E-state index contributed by atoms with van der Waals surface area (Å²) in [5.74, 6) is 0.441. The Labute approximate surface area is 190 Å². The van der Waals surface area contributed by atoms with Crippen molar-refractivity contribution < 1.29 is 4.79 Å². The fraction of sp³-hybridized carbons (Fsp3) is 0.444. The molecule has 1 unspecified atom stereocenters. The van der Waals surface area contributed by atoms with E-state index in [2.05, 4.69) is 102 Å². The number of carbonyl (C=O) groups is 1. The second-order valence-corrected chi connectivity index (χ2v) is 11.7. The Hall–Kier alpha value is -1.61. The van der Waals surface area contributed by atoms with Gasteiger partial charge in [-0.25, -0.2) is 0 Å². The molecule has 0 spiro atoms. The van der Waals surface area contributed by atoms with Gasteiger partial charge in [0.25, 0.3) is 0 Å². The molecule has 1 nitrogen and oxygen atoms in total. The lowest BCUT2D eigenvalue weighted by atomic mass is 9.59. The molecule has 1 atom stereocenters. The first-order valence-electron chi connectivity index (χ1n) is 11.0. The zero-order chi connectivity index (χ0) is 22.1. The molecular weight excluding hydrogens is 431 g/mol. The molecule has 0 N–H and O–H groups in total. The first-order chi connectivity index (χ1) is 13.9. The Morgan fingerprint density at radius 3 is 2.17 bits per heavy atom. The lowest BCUT2D eigenvalue weighted by Crippen LogP contribution is -2.42. The van der Waals surface area contributed by atoms with Crippen molar-refractivity contribution in [3.8, 4) is 0 Å². The SMILES string of the molecule is Bc1ccccc1C1=CC(=O)CC(c2cc3c(cc2Br)C(C)(C)C(C)(C)C3(C)C)C1. The van der Waals surface area contributed by atoms with Crippen LogP contribution in [0.15, 0.2) is 46.9 Å². The summed E-state index contributed by atoms with van der Waals surface area (Å²) in [4.78, 5) is 12.7. The van der Waals surface area contributed by atoms with Crippen molar-refractivity contribution >= 4 is 40.6 Å². The van der Waals surface area contributed by atoms with Crippen molar-refractivity contribution in [2.24, 2.45) is 5.41 Å². The Morgan fingerprint density at radius 1 is 0.933 bits per heavy atom. The number of allylic oxidation sites excluding steroid dienone is 2. The summed E-state index contributed by atoms with van der Waals surface area (Å²) in [5.41, 5.74) is 8.04. The van der Waals surface area contributed by atoms with Crippen LogP contribution in [0, 0.1) is 5.41 Å². The Morgan fingerprint density at radius 2 is 1.53 bits per heavy atom. The van der Waals surface area contributed by atoms with Crippen LogP contribution in [0.2, 0.25) is 0 Å². The van der Waals surface area contributed by atoms with Crippen molar-refractivity contribution in [1.82, 2.24) is 0 Å². The van der Waals surface area contributed by atoms with E-state index in [9.17, 15) is 4.79 Å². The summed E-state index contributed by atoms with van der Waals surface area (Å²) in [6.07, 6.45) is 3.36. The van der Waals surface area contributed by atoms with Gasteiger partial charge in [0.2, 0.25) is 0 Å². The minimum absolute atomic E-state index is 0.0641. The van der Waals surface area contributed by atoms with Crippen LogP contribution in [0.5, 0.6) is 0 Å². The molecule has 0 amide bonds. The maximum atomic E-state index is 12.7. The van der Waals surface area contributed by atoms with E-state index in [4.69, 9.17) is 0 Å². The number of halogens is 1. The molecule has 4 rings (SSSR count). The average Bonchev–Trinajstić information content (AvgIpc) is 2.76. The molecule has 0 fully saturated rings. The van der Waals surface area contributed by atoms with E-state index in [-0.39, 0.29) is 27.9 Å². The van der Waals surface area contributed by atoms with E-state index in [1.807, 2.05) is 6.08 Å². The van der Waals surface area contributed by atoms with E-state index in [1.54, 1.807) is 0 Å². The third kappa shape index (κ3) is 2.99. The van der Waals surface area contributed by atoms with Gasteiger partial charge < -0.3 is 0 Å². The summed E-state index contributed by atoms with van der Waals surface area (Å²) in [7, 11) is 2.13. The summed E-state index contributed by atoms with van der Waals surface area (Å²) < 4.78 is 1.15. The monoisotopic (exact) mass is 462 g/mol. The molecular formula is C27H32BBrO. The van der Waals surface area contributed by atoms with Gasteiger partial charge in [-0.05, 0) is 68.6 Å². The quantitative estimate of drug-likeness (QED) is 0.513. The summed E-state index contributed by atoms with van der Waals surface area (Å²) >= 11 is 3.89. The van der Waals surface area contributed by atoms with Crippen molar-refractivity contribution in [3.63, 3.8) is 0 Å². The number of hydrogen-bond donors (Lipinski definition) is 0. The summed E-state index contributed by atoms with van der Waals surface area (Å²) in [6, 6.07) is 13.1. The smallest absolute Gasteiger partial charge is 0.156 e. The third-order valence-electron chi connectivity index (χ3n) is 8.79. The van der Waals surface area contributed by atoms with E-state index in [0.717, 1.165) is 10.9 Å². The van der Waals surface area contributed by atoms with Crippen LogP contribution < -0.4 is 5.46 Å². The predicted molar refractivity (Wildman–Crippen MR) is 134 cm³/mol. The van der Waals surface area contributed by atoms with Crippen LogP contribution >= 0.6 is 15.9 Å². The number of benzene rings is 2. The van der Waals surface area contributed by atoms with Crippen LogP contribution in [0.4, 0.5) is 0 Å². The van der Waals surface area contributed by atoms with Gasteiger partial charge in [0.15, 0.2) is 5.78 Å². The van der Waals surface area contributed by atoms with Crippen molar-refractivity contribution in [3.05, 3.63) is 69.2 Å². The lowest BCUT2D eigenvalue weighted by Gasteiger charge is -2.44. The summed E-state index contributed by atoms with van der Waals surface area (Å²) in [5, 5.41) is 0. The predicted octanol–water partition coefficient (Wildman–Crippen LogP) is 5.83. The zero-order valence-corrected chi connectivity index (χ0v) is 20.9. The molecule has 3 heteroatoms. The number of fused-ring (bicyclic) bond motifs is 1. The molecule has 0 aliphatic heterocycles. The van der Waals surface area contributed by atoms with E-state index >= 15 is 0 Å². The van der Waals surface area contributed by atoms with Gasteiger partial charge >= 0.3 is 0 Å². The van der Waals surface area contributed by atoms with Gasteiger partial charge in [0, 0.05) is 10.9 Å². The molecule has 0 saturated heterocycles. The van der Waals surface area contributed by atoms with E-state index in [0.29, 0.717) is 6.42 Å². The molecule has 2 aromatic carbocycles. The normalized spacial score (nSPS) is 23.8. The number of ketones is 1. The van der Waals surface area contributed by atoms with E-state index in [1.165, 1.54) is 33.3 Å². The molecule has 0 saturated carbocycles. The third-order valence-corrected chi connectivity index (χ3v) is 9.48. The zero-order valence-electron chi connectivity index (χ0n) is 19.3. The van der Waals surface area contributed by atoms with Crippen LogP contribution in [-0.4, -0.2) is 13.6 Å². The molecule has 156 valence electrons. The van der Waals surface area contributed by atoms with Crippen molar-refractivity contribution in [1.29, 1.82) is 0 Å². The molecule has 0 heterocycles. The van der Waals surface area contributed by atoms with Crippen molar-refractivity contribution in [2.45, 2.75) is 71.1 Å². The lowest BCUT2D eigenvalue weighted by molar-refractivity contribution is -0.115. The number of rotatable bonds is 2. The summed E-state index contributed by atoms with van der Waals surface area (Å²) in [6.45, 7) is 14.3. The minimum Gasteiger partial charge on any atom is -0.295 e. The minimum atomic E-state index is 0.0641. The molecule has 30 heavy (non-hydrogen) atoms. The second-order valence-electron chi connectivity index (χ2n) is 10.9. The molecule has 0 radical (unpaired) electrons. The highest BCUT2D eigenvalue weighted by Gasteiger charge is 2.57. The first kappa shape index (κ1) is 21.6. The fourth-order valence-corrected chi connectivity index (χ4v) is 6.29. The van der Waals surface area contributed by atoms with Gasteiger partial charge in [-0.1, -0.05) is 93.3 Å². The maximum absolute atomic E-state index is 12.7. The first-order valence-corrected chi connectivity index (χ1v) is 11.8. The Bertz CT molecular complexity index is 1070. The highest BCUT2D eigenvalue weighted by Crippen LogP contribution is 2.62. The van der Waals surface area contributed by atoms with Crippen LogP contribution in [0.1, 0.15) is 82.6 Å². The van der Waals surface area contributed by atoms with Crippen LogP contribution in [-0.2, 0) is 15.6 Å². The number of hydrogen-bond acceptors (Lipinski definition) is 1. The number of carbonyl (C=O) groups excluding carboxylic acids is 1. The molecule has 2 aromatic rings. The topological polar surface area (TPSA) is 17.1 Å². The molecule has 2 aliphatic rings. The average molecular weight is 463 g/mol. The van der Waals surface area contributed by atoms with Crippen LogP contribution in [0.3, 0.4) is 0 Å². The van der Waals surface area contributed by atoms with E-state index < -0.39 is 0 Å². The Kier molecular flexibility index (Phi) is 5.01. The highest BCUT2D eigenvalue weighted by molar-refractivity contribution is 9.10. The highest BCUT2D eigenvalue weighted by atomic mass is 79.9. The fourth-order valence-electron chi connectivity index (χ4n) is 5.63. The van der Waals surface area contributed by atoms with Gasteiger partial charge in [-0.2, -0.15) is 0 Å². The maximum Gasteiger partial charge on any atom is 0.156 e. The van der Waals surface area contributed by atoms with Gasteiger partial charge in [0.1, 0.15) is 7.85 Å². The standard InChI is InChI=1S/C27H32BBrO/c1-25(2)21-14-20(24(29)15-22(21)26(3,4)27(25,5)6)17-11-16(12-18(30)13-17)19-9-7-8-10-23(19)28/h7-10,12,14-15,17H,11,13,28H2,1-6H3. The Balaban J connectivity index is 1.79. The van der Waals surface area contributed by atoms with Crippen molar-refractivity contribution in [2.75, 3.05) is 0 Å². The molecule has 0 aromatic heterocycles. The molecule has 2 aliphatic carbocycles. The largest absolute Gasteiger partial charge is 0.295 e. The van der Waals surface area contributed by atoms with Gasteiger partial charge in [-0.15, -0.1) is 0 Å². The van der Waals surface area contributed by atoms with Gasteiger partial charge in [0.05, 0.1) is 0 Å².